The highest BCUT2D eigenvalue weighted by Gasteiger charge is 2.16. The van der Waals surface area contributed by atoms with Crippen LogP contribution in [0.2, 0.25) is 5.02 Å². The fraction of sp³-hybridized carbons (Fsp3) is 0.182. The number of nitrogens with zero attached hydrogens (tertiary/aromatic N) is 5. The molecule has 0 aliphatic heterocycles. The summed E-state index contributed by atoms with van der Waals surface area (Å²) in [5.74, 6) is -0.137. The van der Waals surface area contributed by atoms with Crippen LogP contribution in [0.1, 0.15) is 10.6 Å². The number of rotatable bonds is 7. The molecule has 1 amide bonds. The fourth-order valence-corrected chi connectivity index (χ4v) is 3.92. The topological polar surface area (TPSA) is 75.9 Å². The molecule has 0 spiro atoms. The second-order valence-corrected chi connectivity index (χ2v) is 8.75. The Labute approximate surface area is 189 Å². The van der Waals surface area contributed by atoms with E-state index < -0.39 is 0 Å². The smallest absolute Gasteiger partial charge is 0.240 e. The summed E-state index contributed by atoms with van der Waals surface area (Å²) in [4.78, 5) is 14.3. The molecule has 0 saturated heterocycles. The molecule has 2 aromatic carbocycles. The molecule has 0 saturated carbocycles. The number of amides is 1. The Morgan fingerprint density at radius 2 is 1.87 bits per heavy atom. The maximum absolute atomic E-state index is 12.4. The van der Waals surface area contributed by atoms with Crippen LogP contribution in [0.5, 0.6) is 0 Å². The molecule has 4 rings (SSSR count). The van der Waals surface area contributed by atoms with Gasteiger partial charge in [0.25, 0.3) is 0 Å². The summed E-state index contributed by atoms with van der Waals surface area (Å²) >= 11 is 7.41. The molecule has 1 N–H and O–H groups in total. The van der Waals surface area contributed by atoms with Gasteiger partial charge in [0.1, 0.15) is 5.01 Å². The highest BCUT2D eigenvalue weighted by atomic mass is 35.5. The number of aromatic nitrogens is 4. The van der Waals surface area contributed by atoms with E-state index in [1.165, 1.54) is 11.3 Å². The third kappa shape index (κ3) is 5.35. The van der Waals surface area contributed by atoms with Gasteiger partial charge in [-0.2, -0.15) is 5.10 Å². The van der Waals surface area contributed by atoms with Crippen LogP contribution in [0.3, 0.4) is 0 Å². The Morgan fingerprint density at radius 1 is 1.13 bits per heavy atom. The van der Waals surface area contributed by atoms with E-state index in [0.29, 0.717) is 16.7 Å². The first-order valence-electron chi connectivity index (χ1n) is 9.66. The van der Waals surface area contributed by atoms with E-state index in [-0.39, 0.29) is 12.5 Å². The number of hydrogen-bond donors (Lipinski definition) is 1. The van der Waals surface area contributed by atoms with Crippen LogP contribution in [0.4, 0.5) is 5.13 Å². The first-order chi connectivity index (χ1) is 15.0. The van der Waals surface area contributed by atoms with Crippen molar-refractivity contribution in [1.29, 1.82) is 0 Å². The van der Waals surface area contributed by atoms with Crippen LogP contribution in [0.15, 0.2) is 60.8 Å². The van der Waals surface area contributed by atoms with Gasteiger partial charge in [0.2, 0.25) is 11.0 Å². The average molecular weight is 453 g/mol. The second-order valence-electron chi connectivity index (χ2n) is 7.14. The lowest BCUT2D eigenvalue weighted by atomic mass is 10.1. The molecule has 7 nitrogen and oxygen atoms in total. The predicted molar refractivity (Wildman–Crippen MR) is 124 cm³/mol. The van der Waals surface area contributed by atoms with Gasteiger partial charge in [0.15, 0.2) is 0 Å². The number of nitrogens with one attached hydrogen (secondary N) is 1. The summed E-state index contributed by atoms with van der Waals surface area (Å²) in [6.07, 6.45) is 2.00. The molecule has 158 valence electrons. The Hall–Kier alpha value is -3.07. The van der Waals surface area contributed by atoms with Crippen LogP contribution in [0.25, 0.3) is 16.9 Å². The number of para-hydroxylation sites is 1. The minimum absolute atomic E-state index is 0.137. The number of halogens is 1. The molecule has 9 heteroatoms. The summed E-state index contributed by atoms with van der Waals surface area (Å²) < 4.78 is 1.86. The molecule has 31 heavy (non-hydrogen) atoms. The van der Waals surface area contributed by atoms with Gasteiger partial charge in [-0.05, 0) is 38.2 Å². The minimum atomic E-state index is -0.137. The van der Waals surface area contributed by atoms with Crippen LogP contribution in [-0.2, 0) is 11.3 Å². The minimum Gasteiger partial charge on any atom is -0.299 e. The van der Waals surface area contributed by atoms with E-state index in [9.17, 15) is 4.79 Å². The van der Waals surface area contributed by atoms with Gasteiger partial charge < -0.3 is 0 Å². The summed E-state index contributed by atoms with van der Waals surface area (Å²) in [6.45, 7) is 2.62. The number of likely N-dealkylation sites (N-methyl/N-ethyl adjacent to an activating group) is 1. The summed E-state index contributed by atoms with van der Waals surface area (Å²) in [5, 5.41) is 17.5. The summed E-state index contributed by atoms with van der Waals surface area (Å²) in [6, 6.07) is 17.5. The van der Waals surface area contributed by atoms with Crippen molar-refractivity contribution in [2.24, 2.45) is 0 Å². The van der Waals surface area contributed by atoms with E-state index >= 15 is 0 Å². The highest BCUT2D eigenvalue weighted by molar-refractivity contribution is 7.15. The van der Waals surface area contributed by atoms with Crippen molar-refractivity contribution < 1.29 is 4.79 Å². The van der Waals surface area contributed by atoms with E-state index in [1.54, 1.807) is 0 Å². The first-order valence-corrected chi connectivity index (χ1v) is 10.9. The zero-order valence-electron chi connectivity index (χ0n) is 17.1. The van der Waals surface area contributed by atoms with Gasteiger partial charge in [-0.3, -0.25) is 15.0 Å². The van der Waals surface area contributed by atoms with E-state index in [2.05, 4.69) is 15.5 Å². The highest BCUT2D eigenvalue weighted by Crippen LogP contribution is 2.26. The van der Waals surface area contributed by atoms with Gasteiger partial charge in [0, 0.05) is 28.9 Å². The Kier molecular flexibility index (Phi) is 6.41. The van der Waals surface area contributed by atoms with Crippen molar-refractivity contribution in [3.63, 3.8) is 0 Å². The van der Waals surface area contributed by atoms with Crippen molar-refractivity contribution in [2.75, 3.05) is 18.9 Å². The van der Waals surface area contributed by atoms with E-state index in [0.717, 1.165) is 27.5 Å². The van der Waals surface area contributed by atoms with Crippen LogP contribution >= 0.6 is 22.9 Å². The van der Waals surface area contributed by atoms with Gasteiger partial charge in [-0.25, -0.2) is 4.68 Å². The Balaban J connectivity index is 1.55. The molecule has 0 unspecified atom stereocenters. The molecule has 2 aromatic heterocycles. The largest absolute Gasteiger partial charge is 0.299 e. The predicted octanol–water partition coefficient (Wildman–Crippen LogP) is 4.42. The Bertz CT molecular complexity index is 1170. The lowest BCUT2D eigenvalue weighted by Gasteiger charge is -2.15. The van der Waals surface area contributed by atoms with Crippen molar-refractivity contribution in [3.05, 3.63) is 76.4 Å². The zero-order valence-corrected chi connectivity index (χ0v) is 18.7. The van der Waals surface area contributed by atoms with Crippen LogP contribution in [0, 0.1) is 6.92 Å². The zero-order chi connectivity index (χ0) is 21.8. The van der Waals surface area contributed by atoms with Gasteiger partial charge >= 0.3 is 0 Å². The fourth-order valence-electron chi connectivity index (χ4n) is 3.19. The number of benzene rings is 2. The van der Waals surface area contributed by atoms with Crippen molar-refractivity contribution in [2.45, 2.75) is 13.5 Å². The molecule has 0 aliphatic rings. The monoisotopic (exact) mass is 452 g/mol. The van der Waals surface area contributed by atoms with E-state index in [1.807, 2.05) is 84.3 Å². The van der Waals surface area contributed by atoms with Gasteiger partial charge in [-0.15, -0.1) is 10.2 Å². The number of anilines is 1. The first kappa shape index (κ1) is 21.2. The van der Waals surface area contributed by atoms with Crippen LogP contribution < -0.4 is 5.32 Å². The SMILES string of the molecule is Cc1nnc(NC(=O)CN(C)Cc2cn(-c3ccccc3)nc2-c2ccc(Cl)cc2)s1. The Morgan fingerprint density at radius 3 is 2.55 bits per heavy atom. The summed E-state index contributed by atoms with van der Waals surface area (Å²) in [7, 11) is 1.90. The lowest BCUT2D eigenvalue weighted by Crippen LogP contribution is -2.29. The molecular weight excluding hydrogens is 432 g/mol. The maximum atomic E-state index is 12.4. The number of aryl methyl sites for hydroxylation is 1. The van der Waals surface area contributed by atoms with Crippen molar-refractivity contribution >= 4 is 34.0 Å². The second kappa shape index (κ2) is 9.38. The average Bonchev–Trinajstić information content (AvgIpc) is 3.35. The normalized spacial score (nSPS) is 11.1. The van der Waals surface area contributed by atoms with Crippen molar-refractivity contribution in [3.8, 4) is 16.9 Å². The van der Waals surface area contributed by atoms with Crippen molar-refractivity contribution in [1.82, 2.24) is 24.9 Å². The quantitative estimate of drug-likeness (QED) is 0.449. The van der Waals surface area contributed by atoms with Gasteiger partial charge in [0.05, 0.1) is 17.9 Å². The molecule has 0 bridgehead atoms. The molecule has 0 radical (unpaired) electrons. The maximum Gasteiger partial charge on any atom is 0.240 e. The van der Waals surface area contributed by atoms with Crippen LogP contribution in [-0.4, -0.2) is 44.4 Å². The third-order valence-corrected chi connectivity index (χ3v) is 5.56. The molecule has 4 aromatic rings. The number of hydrogen-bond acceptors (Lipinski definition) is 6. The summed E-state index contributed by atoms with van der Waals surface area (Å²) in [5.41, 5.74) is 3.80. The molecule has 0 aliphatic carbocycles. The lowest BCUT2D eigenvalue weighted by molar-refractivity contribution is -0.117. The third-order valence-electron chi connectivity index (χ3n) is 4.55. The van der Waals surface area contributed by atoms with Gasteiger partial charge in [-0.1, -0.05) is 53.3 Å². The molecule has 0 atom stereocenters. The number of carbonyl (C=O) groups is 1. The molecular formula is C22H21ClN6OS. The standard InChI is InChI=1S/C22H21ClN6OS/c1-15-25-26-22(31-15)24-20(30)14-28(2)12-17-13-29(19-6-4-3-5-7-19)27-21(17)16-8-10-18(23)11-9-16/h3-11,13H,12,14H2,1-2H3,(H,24,26,30). The molecule has 0 fully saturated rings. The molecule has 2 heterocycles. The van der Waals surface area contributed by atoms with E-state index in [4.69, 9.17) is 16.7 Å². The number of carbonyl (C=O) groups excluding carboxylic acids is 1.